The van der Waals surface area contributed by atoms with Gasteiger partial charge in [-0.1, -0.05) is 68.4 Å². The first-order valence-corrected chi connectivity index (χ1v) is 11.7. The molecule has 0 heterocycles. The number of hydrogen-bond donors (Lipinski definition) is 0. The largest absolute Gasteiger partial charge is 0.461 e. The Kier molecular flexibility index (Phi) is 15.3. The number of rotatable bonds is 16. The van der Waals surface area contributed by atoms with Crippen LogP contribution in [-0.4, -0.2) is 5.97 Å². The molecule has 0 aliphatic rings. The normalized spacial score (nSPS) is 12.2. The van der Waals surface area contributed by atoms with Gasteiger partial charge in [0.15, 0.2) is 23.3 Å². The van der Waals surface area contributed by atoms with Crippen LogP contribution in [0, 0.1) is 29.1 Å². The summed E-state index contributed by atoms with van der Waals surface area (Å²) in [7, 11) is 0. The smallest absolute Gasteiger partial charge is 0.306 e. The summed E-state index contributed by atoms with van der Waals surface area (Å²) < 4.78 is 71.0. The van der Waals surface area contributed by atoms with E-state index in [1.807, 2.05) is 18.2 Å². The lowest BCUT2D eigenvalue weighted by Crippen LogP contribution is -2.11. The zero-order chi connectivity index (χ0) is 25.2. The van der Waals surface area contributed by atoms with Crippen molar-refractivity contribution in [3.05, 3.63) is 83.3 Å². The summed E-state index contributed by atoms with van der Waals surface area (Å²) in [5.41, 5.74) is -1.16. The number of halogens is 5. The number of unbranched alkanes of at least 4 members (excludes halogenated alkanes) is 4. The molecule has 0 bridgehead atoms. The predicted octanol–water partition coefficient (Wildman–Crippen LogP) is 8.57. The van der Waals surface area contributed by atoms with Crippen molar-refractivity contribution in [2.45, 2.75) is 77.7 Å². The zero-order valence-electron chi connectivity index (χ0n) is 19.6. The molecule has 0 N–H and O–H groups in total. The van der Waals surface area contributed by atoms with Gasteiger partial charge >= 0.3 is 5.97 Å². The van der Waals surface area contributed by atoms with Gasteiger partial charge in [-0.25, -0.2) is 22.0 Å². The summed E-state index contributed by atoms with van der Waals surface area (Å²) in [6, 6.07) is 0. The number of esters is 1. The molecule has 2 nitrogen and oxygen atoms in total. The second kappa shape index (κ2) is 17.7. The van der Waals surface area contributed by atoms with E-state index in [9.17, 15) is 26.7 Å². The summed E-state index contributed by atoms with van der Waals surface area (Å²) in [5.74, 6) is -11.1. The summed E-state index contributed by atoms with van der Waals surface area (Å²) >= 11 is 0. The molecule has 0 saturated carbocycles. The van der Waals surface area contributed by atoms with Gasteiger partial charge in [-0.2, -0.15) is 0 Å². The third kappa shape index (κ3) is 11.4. The van der Waals surface area contributed by atoms with Gasteiger partial charge in [-0.15, -0.1) is 0 Å². The summed E-state index contributed by atoms with van der Waals surface area (Å²) in [6.45, 7) is 1.18. The number of hydrogen-bond acceptors (Lipinski definition) is 2. The van der Waals surface area contributed by atoms with Gasteiger partial charge in [-0.3, -0.25) is 4.79 Å². The average molecular weight is 485 g/mol. The van der Waals surface area contributed by atoms with Gasteiger partial charge in [0.2, 0.25) is 5.82 Å². The Labute approximate surface area is 198 Å². The van der Waals surface area contributed by atoms with E-state index >= 15 is 0 Å². The van der Waals surface area contributed by atoms with E-state index in [2.05, 4.69) is 42.0 Å². The average Bonchev–Trinajstić information content (AvgIpc) is 2.83. The Morgan fingerprint density at radius 2 is 1.09 bits per heavy atom. The van der Waals surface area contributed by atoms with Crippen molar-refractivity contribution in [1.29, 1.82) is 0 Å². The SMILES string of the molecule is CCCCC/C=C\C/C=C/C/C=C\C/C=C/CCCC(=O)OCc1c(F)c(F)c(F)c(F)c1F. The molecule has 0 aliphatic carbocycles. The molecule has 0 saturated heterocycles. The molecule has 1 rings (SSSR count). The second-order valence-electron chi connectivity index (χ2n) is 7.69. The first-order chi connectivity index (χ1) is 16.4. The Morgan fingerprint density at radius 3 is 1.59 bits per heavy atom. The van der Waals surface area contributed by atoms with Gasteiger partial charge in [-0.05, 0) is 44.9 Å². The molecule has 0 amide bonds. The van der Waals surface area contributed by atoms with E-state index in [4.69, 9.17) is 0 Å². The van der Waals surface area contributed by atoms with E-state index in [1.165, 1.54) is 19.3 Å². The first-order valence-electron chi connectivity index (χ1n) is 11.7. The molecule has 0 spiro atoms. The Balaban J connectivity index is 2.15. The molecule has 0 aromatic heterocycles. The van der Waals surface area contributed by atoms with Crippen molar-refractivity contribution >= 4 is 5.97 Å². The van der Waals surface area contributed by atoms with E-state index < -0.39 is 47.2 Å². The highest BCUT2D eigenvalue weighted by molar-refractivity contribution is 5.69. The van der Waals surface area contributed by atoms with Crippen molar-refractivity contribution in [2.24, 2.45) is 0 Å². The molecular weight excluding hydrogens is 451 g/mol. The summed E-state index contributed by atoms with van der Waals surface area (Å²) in [4.78, 5) is 11.7. The minimum Gasteiger partial charge on any atom is -0.461 e. The lowest BCUT2D eigenvalue weighted by Gasteiger charge is -2.09. The third-order valence-corrected chi connectivity index (χ3v) is 4.89. The van der Waals surface area contributed by atoms with Crippen molar-refractivity contribution < 1.29 is 31.5 Å². The molecule has 0 unspecified atom stereocenters. The Morgan fingerprint density at radius 1 is 0.647 bits per heavy atom. The van der Waals surface area contributed by atoms with Crippen LogP contribution in [0.25, 0.3) is 0 Å². The fourth-order valence-corrected chi connectivity index (χ4v) is 2.93. The lowest BCUT2D eigenvalue weighted by molar-refractivity contribution is -0.145. The fraction of sp³-hybridized carbons (Fsp3) is 0.444. The highest BCUT2D eigenvalue weighted by atomic mass is 19.2. The fourth-order valence-electron chi connectivity index (χ4n) is 2.93. The Bertz CT molecular complexity index is 843. The van der Waals surface area contributed by atoms with Crippen LogP contribution in [-0.2, 0) is 16.1 Å². The van der Waals surface area contributed by atoms with Crippen LogP contribution in [0.2, 0.25) is 0 Å². The van der Waals surface area contributed by atoms with Crippen molar-refractivity contribution in [1.82, 2.24) is 0 Å². The van der Waals surface area contributed by atoms with Gasteiger partial charge in [0.25, 0.3) is 0 Å². The number of allylic oxidation sites excluding steroid dienone is 8. The van der Waals surface area contributed by atoms with E-state index in [-0.39, 0.29) is 6.42 Å². The summed E-state index contributed by atoms with van der Waals surface area (Å²) in [6.07, 6.45) is 25.1. The second-order valence-corrected chi connectivity index (χ2v) is 7.69. The van der Waals surface area contributed by atoms with Gasteiger partial charge < -0.3 is 4.74 Å². The van der Waals surface area contributed by atoms with Gasteiger partial charge in [0.05, 0.1) is 5.56 Å². The van der Waals surface area contributed by atoms with Crippen LogP contribution in [0.15, 0.2) is 48.6 Å². The molecule has 188 valence electrons. The van der Waals surface area contributed by atoms with Crippen LogP contribution < -0.4 is 0 Å². The molecule has 0 fully saturated rings. The third-order valence-electron chi connectivity index (χ3n) is 4.89. The minimum absolute atomic E-state index is 0.0343. The van der Waals surface area contributed by atoms with E-state index in [0.29, 0.717) is 12.8 Å². The maximum Gasteiger partial charge on any atom is 0.306 e. The summed E-state index contributed by atoms with van der Waals surface area (Å²) in [5, 5.41) is 0. The van der Waals surface area contributed by atoms with Crippen molar-refractivity contribution in [2.75, 3.05) is 0 Å². The molecule has 1 aromatic rings. The molecule has 0 atom stereocenters. The topological polar surface area (TPSA) is 26.3 Å². The van der Waals surface area contributed by atoms with Crippen LogP contribution in [0.5, 0.6) is 0 Å². The maximum atomic E-state index is 13.5. The first kappa shape index (κ1) is 29.3. The number of benzene rings is 1. The molecular formula is C27H33F5O2. The minimum atomic E-state index is -2.25. The van der Waals surface area contributed by atoms with Gasteiger partial charge in [0, 0.05) is 6.42 Å². The van der Waals surface area contributed by atoms with Crippen molar-refractivity contribution in [3.8, 4) is 0 Å². The Hall–Kier alpha value is -2.70. The highest BCUT2D eigenvalue weighted by Gasteiger charge is 2.26. The number of carbonyl (C=O) groups excluding carboxylic acids is 1. The van der Waals surface area contributed by atoms with Crippen LogP contribution in [0.4, 0.5) is 22.0 Å². The molecule has 34 heavy (non-hydrogen) atoms. The molecule has 7 heteroatoms. The standard InChI is InChI=1S/C27H33F5O2/c1-2-3-4-5-6-7-8-9-10-11-12-13-14-15-16-17-18-19-22(33)34-20-21-23(28)25(30)27(32)26(31)24(21)29/h6-7,9-10,12-13,15-16H,2-5,8,11,14,17-20H2,1H3/b7-6-,10-9+,13-12-,16-15+. The molecule has 1 aromatic carbocycles. The zero-order valence-corrected chi connectivity index (χ0v) is 19.6. The van der Waals surface area contributed by atoms with Crippen LogP contribution in [0.3, 0.4) is 0 Å². The van der Waals surface area contributed by atoms with E-state index in [0.717, 1.165) is 25.7 Å². The molecule has 0 aliphatic heterocycles. The van der Waals surface area contributed by atoms with E-state index in [1.54, 1.807) is 0 Å². The quantitative estimate of drug-likeness (QED) is 0.0587. The van der Waals surface area contributed by atoms with Crippen LogP contribution in [0.1, 0.15) is 76.7 Å². The maximum absolute atomic E-state index is 13.5. The highest BCUT2D eigenvalue weighted by Crippen LogP contribution is 2.23. The van der Waals surface area contributed by atoms with Gasteiger partial charge in [0.1, 0.15) is 6.61 Å². The van der Waals surface area contributed by atoms with Crippen molar-refractivity contribution in [3.63, 3.8) is 0 Å². The lowest BCUT2D eigenvalue weighted by atomic mass is 10.2. The van der Waals surface area contributed by atoms with Crippen LogP contribution >= 0.6 is 0 Å². The monoisotopic (exact) mass is 484 g/mol. The number of carbonyl (C=O) groups is 1. The number of ether oxygens (including phenoxy) is 1. The molecule has 0 radical (unpaired) electrons. The predicted molar refractivity (Wildman–Crippen MR) is 124 cm³/mol.